The van der Waals surface area contributed by atoms with E-state index in [4.69, 9.17) is 22.1 Å². The summed E-state index contributed by atoms with van der Waals surface area (Å²) < 4.78 is 5.25. The number of carbonyl (C=O) groups excluding carboxylic acids is 10. The molecule has 2 heterocycles. The van der Waals surface area contributed by atoms with Gasteiger partial charge in [-0.25, -0.2) is 9.59 Å². The zero-order valence-electron chi connectivity index (χ0n) is 52.2. The van der Waals surface area contributed by atoms with Gasteiger partial charge in [0.15, 0.2) is 17.9 Å². The van der Waals surface area contributed by atoms with Crippen LogP contribution in [0.25, 0.3) is 10.9 Å². The number of aromatic amines is 1. The van der Waals surface area contributed by atoms with Gasteiger partial charge in [-0.1, -0.05) is 89.3 Å². The molecule has 13 atom stereocenters. The van der Waals surface area contributed by atoms with Crippen molar-refractivity contribution in [3.8, 4) is 0 Å². The molecule has 0 spiro atoms. The van der Waals surface area contributed by atoms with Gasteiger partial charge in [0.2, 0.25) is 41.2 Å². The van der Waals surface area contributed by atoms with Crippen LogP contribution in [0.4, 0.5) is 0 Å². The van der Waals surface area contributed by atoms with Gasteiger partial charge in [-0.3, -0.25) is 47.9 Å². The number of fused-ring (bicyclic) bond motifs is 1. The molecular weight excluding hydrogens is 1250 g/mol. The first-order valence-electron chi connectivity index (χ1n) is 30.9. The second kappa shape index (κ2) is 40.4. The number of benzene rings is 1. The monoisotopic (exact) mass is 1340 g/mol. The number of nitrogens with two attached hydrogens (primary N) is 1. The first-order chi connectivity index (χ1) is 44.1. The predicted molar refractivity (Wildman–Crippen MR) is 330 cm³/mol. The lowest BCUT2D eigenvalue weighted by atomic mass is 9.90. The van der Waals surface area contributed by atoms with Crippen molar-refractivity contribution in [3.05, 3.63) is 47.8 Å². The number of halogens is 1. The number of nitrogens with one attached hydrogen (secondary N) is 9. The third-order valence-corrected chi connectivity index (χ3v) is 15.7. The van der Waals surface area contributed by atoms with Crippen LogP contribution in [0.3, 0.4) is 0 Å². The first kappa shape index (κ1) is 79.5. The highest BCUT2D eigenvalue weighted by molar-refractivity contribution is 6.18. The van der Waals surface area contributed by atoms with Crippen molar-refractivity contribution in [1.29, 1.82) is 0 Å². The fraction of sp³-hybridized carbons (Fsp3) is 0.633. The standard InChI is InChI=1S/C60H91ClN10O22/c1-4-6-7-8-9-10-11-12-13-14-19-42(74)44(76)29-46(78)64-41-31-93-58(90)48(45(77)30-61)69-56(87)49(50(81)57(88)89)70-52(83)36(5-2)65-51(82)35(32(3)73)27-43(75)39(26-33-17-15-18-37-34(33)20-24-63-37)67-53(84)38(21-25-72)66-54(85)40(28-47(79)80)68-59(91)60(92,22-16-23-62)71-55(41)86/h5,15,17-18,20,24,32,35,38-42,44-45,48-50,63,72-74,76-77,81,92H,4,6-14,16,19,21-23,25-31,62H2,1-3H3,(H,64,78)(H,65,82)(H,66,85)(H,67,84)(H,68,91)(H,69,87)(H,70,83)(H,71,86)(H,79,80)(H,88,89). The lowest BCUT2D eigenvalue weighted by Crippen LogP contribution is -2.66. The minimum Gasteiger partial charge on any atom is -0.481 e. The average molecular weight is 1340 g/mol. The van der Waals surface area contributed by atoms with Gasteiger partial charge in [-0.2, -0.15) is 0 Å². The number of aliphatic carboxylic acids is 2. The zero-order chi connectivity index (χ0) is 69.5. The van der Waals surface area contributed by atoms with Gasteiger partial charge in [0.25, 0.3) is 11.8 Å². The van der Waals surface area contributed by atoms with Gasteiger partial charge in [0.05, 0.1) is 55.1 Å². The van der Waals surface area contributed by atoms with Crippen LogP contribution in [-0.2, 0) is 68.7 Å². The van der Waals surface area contributed by atoms with Gasteiger partial charge < -0.3 is 104 Å². The Labute approximate surface area is 541 Å². The second-order valence-electron chi connectivity index (χ2n) is 22.8. The highest BCUT2D eigenvalue weighted by atomic mass is 35.5. The number of hydrogen-bond acceptors (Lipinski definition) is 21. The van der Waals surface area contributed by atoms with Crippen LogP contribution in [-0.4, -0.2) is 220 Å². The number of rotatable bonds is 29. The number of unbranched alkanes of at least 4 members (excludes halogenated alkanes) is 9. The third-order valence-electron chi connectivity index (χ3n) is 15.4. The number of amides is 8. The van der Waals surface area contributed by atoms with Gasteiger partial charge >= 0.3 is 17.9 Å². The predicted octanol–water partition coefficient (Wildman–Crippen LogP) is -2.98. The maximum absolute atomic E-state index is 14.5. The van der Waals surface area contributed by atoms with E-state index in [2.05, 4.69) is 33.2 Å². The number of hydrogen-bond donors (Lipinski definition) is 19. The molecule has 1 fully saturated rings. The number of carboxylic acid groups (broad SMARTS) is 2. The van der Waals surface area contributed by atoms with Crippen LogP contribution in [0, 0.1) is 5.92 Å². The van der Waals surface area contributed by atoms with E-state index >= 15 is 0 Å². The molecular formula is C60H91ClN10O22. The van der Waals surface area contributed by atoms with Crippen LogP contribution >= 0.6 is 11.6 Å². The highest BCUT2D eigenvalue weighted by Gasteiger charge is 2.44. The summed E-state index contributed by atoms with van der Waals surface area (Å²) in [6, 6.07) is -6.60. The van der Waals surface area contributed by atoms with Crippen molar-refractivity contribution < 1.29 is 108 Å². The lowest BCUT2D eigenvalue weighted by molar-refractivity contribution is -0.157. The number of carbonyl (C=O) groups is 12. The Morgan fingerprint density at radius 2 is 1.41 bits per heavy atom. The molecule has 2 aromatic rings. The molecule has 20 N–H and O–H groups in total. The van der Waals surface area contributed by atoms with E-state index in [0.29, 0.717) is 29.3 Å². The number of H-pyrrole nitrogens is 1. The number of esters is 1. The molecule has 1 aromatic heterocycles. The Balaban J connectivity index is 2.20. The molecule has 0 saturated carbocycles. The number of Topliss-reactive ketones (excluding diaryl/α,β-unsaturated/α-hetero) is 1. The van der Waals surface area contributed by atoms with Crippen molar-refractivity contribution in [2.45, 2.75) is 209 Å². The quantitative estimate of drug-likeness (QED) is 0.0167. The number of aliphatic hydroxyl groups is 7. The van der Waals surface area contributed by atoms with Crippen LogP contribution in [0.1, 0.15) is 135 Å². The van der Waals surface area contributed by atoms with E-state index in [0.717, 1.165) is 64.4 Å². The van der Waals surface area contributed by atoms with E-state index in [1.807, 2.05) is 21.3 Å². The Morgan fingerprint density at radius 1 is 0.774 bits per heavy atom. The molecule has 520 valence electrons. The first-order valence-corrected chi connectivity index (χ1v) is 31.4. The second-order valence-corrected chi connectivity index (χ2v) is 23.1. The van der Waals surface area contributed by atoms with Crippen molar-refractivity contribution in [2.75, 3.05) is 25.6 Å². The average Bonchev–Trinajstić information content (AvgIpc) is 1.93. The van der Waals surface area contributed by atoms with E-state index in [9.17, 15) is 103 Å². The molecule has 0 bridgehead atoms. The Morgan fingerprint density at radius 3 is 2.00 bits per heavy atom. The SMILES string of the molecule is CC=C1NC(=O)C(C(C)O)CC(=O)C(Cc2cccc3[nH]ccc23)NC(=O)C(CCO)NC(=O)C(CC(=O)O)NC(=O)C(O)(CCCN)NC(=O)C(NC(=O)CC(O)C(O)CCCCCCCCCCCC)COC(=O)C(C(O)CCl)NC(=O)C(C(O)C(=O)O)NC1=O. The summed E-state index contributed by atoms with van der Waals surface area (Å²) in [7, 11) is 0. The van der Waals surface area contributed by atoms with Gasteiger partial charge in [-0.15, -0.1) is 11.6 Å². The number of aromatic nitrogens is 1. The molecule has 93 heavy (non-hydrogen) atoms. The van der Waals surface area contributed by atoms with Crippen molar-refractivity contribution in [3.63, 3.8) is 0 Å². The Hall–Kier alpha value is -7.69. The molecule has 13 unspecified atom stereocenters. The summed E-state index contributed by atoms with van der Waals surface area (Å²) in [4.78, 5) is 169. The zero-order valence-corrected chi connectivity index (χ0v) is 53.0. The summed E-state index contributed by atoms with van der Waals surface area (Å²) in [6.07, 6.45) is -3.24. The summed E-state index contributed by atoms with van der Waals surface area (Å²) in [6.45, 7) is 1.83. The number of ketones is 1. The summed E-state index contributed by atoms with van der Waals surface area (Å²) in [5, 5.41) is 114. The summed E-state index contributed by atoms with van der Waals surface area (Å²) >= 11 is 5.88. The summed E-state index contributed by atoms with van der Waals surface area (Å²) in [5.74, 6) is -21.1. The molecule has 3 rings (SSSR count). The maximum atomic E-state index is 14.5. The van der Waals surface area contributed by atoms with Crippen LogP contribution < -0.4 is 48.3 Å². The van der Waals surface area contributed by atoms with Crippen molar-refractivity contribution >= 4 is 93.5 Å². The largest absolute Gasteiger partial charge is 0.481 e. The van der Waals surface area contributed by atoms with Gasteiger partial charge in [0, 0.05) is 43.0 Å². The van der Waals surface area contributed by atoms with Crippen LogP contribution in [0.2, 0.25) is 0 Å². The smallest absolute Gasteiger partial charge is 0.335 e. The molecule has 0 aliphatic carbocycles. The fourth-order valence-electron chi connectivity index (χ4n) is 9.95. The number of aliphatic hydroxyl groups excluding tert-OH is 6. The molecule has 32 nitrogen and oxygen atoms in total. The number of allylic oxidation sites excluding steroid dienone is 1. The third kappa shape index (κ3) is 26.0. The summed E-state index contributed by atoms with van der Waals surface area (Å²) in [5.41, 5.74) is 2.66. The number of alkyl halides is 1. The molecule has 8 amide bonds. The molecule has 1 aromatic carbocycles. The Bertz CT molecular complexity index is 2890. The van der Waals surface area contributed by atoms with E-state index in [1.165, 1.54) is 6.92 Å². The minimum absolute atomic E-state index is 0.0430. The van der Waals surface area contributed by atoms with Gasteiger partial charge in [0.1, 0.15) is 36.5 Å². The van der Waals surface area contributed by atoms with E-state index in [1.54, 1.807) is 30.5 Å². The lowest BCUT2D eigenvalue weighted by Gasteiger charge is -2.32. The topological polar surface area (TPSA) is 534 Å². The maximum Gasteiger partial charge on any atom is 0.335 e. The molecule has 1 aliphatic rings. The van der Waals surface area contributed by atoms with Crippen LogP contribution in [0.15, 0.2) is 42.2 Å². The van der Waals surface area contributed by atoms with Crippen molar-refractivity contribution in [2.24, 2.45) is 11.7 Å². The van der Waals surface area contributed by atoms with E-state index in [-0.39, 0.29) is 25.8 Å². The van der Waals surface area contributed by atoms with Gasteiger partial charge in [-0.05, 0) is 57.4 Å². The minimum atomic E-state index is -3.25. The highest BCUT2D eigenvalue weighted by Crippen LogP contribution is 2.22. The molecule has 1 aliphatic heterocycles. The van der Waals surface area contributed by atoms with Crippen molar-refractivity contribution in [1.82, 2.24) is 47.5 Å². The number of carboxylic acids is 2. The van der Waals surface area contributed by atoms with E-state index < -0.39 is 206 Å². The fourth-order valence-corrected chi connectivity index (χ4v) is 10.1. The number of cyclic esters (lactones) is 1. The molecule has 0 radical (unpaired) electrons. The molecule has 33 heteroatoms. The van der Waals surface area contributed by atoms with Crippen LogP contribution in [0.5, 0.6) is 0 Å². The molecule has 1 saturated heterocycles. The normalized spacial score (nSPS) is 24.5. The number of ether oxygens (including phenoxy) is 1. The Kier molecular flexibility index (Phi) is 34.6.